The zero-order chi connectivity index (χ0) is 14.7. The molecule has 0 atom stereocenters. The van der Waals surface area contributed by atoms with Gasteiger partial charge in [0.2, 0.25) is 0 Å². The van der Waals surface area contributed by atoms with Gasteiger partial charge in [0, 0.05) is 40.3 Å². The van der Waals surface area contributed by atoms with Gasteiger partial charge in [-0.15, -0.1) is 0 Å². The number of hydrogen-bond acceptors (Lipinski definition) is 3. The summed E-state index contributed by atoms with van der Waals surface area (Å²) in [5, 5.41) is 0.624. The lowest BCUT2D eigenvalue weighted by Gasteiger charge is -2.12. The fourth-order valence-electron chi connectivity index (χ4n) is 2.04. The molecule has 3 aromatic rings. The lowest BCUT2D eigenvalue weighted by Crippen LogP contribution is -1.92. The van der Waals surface area contributed by atoms with Crippen molar-refractivity contribution in [3.05, 3.63) is 72.0 Å². The van der Waals surface area contributed by atoms with Crippen LogP contribution in [0.25, 0.3) is 11.1 Å². The highest BCUT2D eigenvalue weighted by Crippen LogP contribution is 2.35. The van der Waals surface area contributed by atoms with Crippen molar-refractivity contribution < 1.29 is 4.74 Å². The van der Waals surface area contributed by atoms with Crippen LogP contribution in [0.2, 0.25) is 5.02 Å². The number of nitrogens with two attached hydrogens (primary N) is 1. The summed E-state index contributed by atoms with van der Waals surface area (Å²) in [6, 6.07) is 16.7. The first-order chi connectivity index (χ1) is 10.2. The number of ether oxygens (including phenoxy) is 1. The predicted octanol–water partition coefficient (Wildman–Crippen LogP) is 4.78. The number of nitrogen functional groups attached to an aromatic ring is 1. The standard InChI is InChI=1S/C17H13ClN2O/c18-13-4-1-5-15(9-13)21-17-10-14(19)6-7-16(17)12-3-2-8-20-11-12/h1-11H,19H2. The third-order valence-corrected chi connectivity index (χ3v) is 3.24. The van der Waals surface area contributed by atoms with Crippen molar-refractivity contribution in [2.45, 2.75) is 0 Å². The van der Waals surface area contributed by atoms with E-state index in [9.17, 15) is 0 Å². The first-order valence-corrected chi connectivity index (χ1v) is 6.83. The van der Waals surface area contributed by atoms with Gasteiger partial charge < -0.3 is 10.5 Å². The largest absolute Gasteiger partial charge is 0.457 e. The van der Waals surface area contributed by atoms with E-state index in [1.807, 2.05) is 36.4 Å². The van der Waals surface area contributed by atoms with Crippen molar-refractivity contribution in [2.75, 3.05) is 5.73 Å². The molecule has 0 unspecified atom stereocenters. The molecule has 0 bridgehead atoms. The monoisotopic (exact) mass is 296 g/mol. The van der Waals surface area contributed by atoms with Gasteiger partial charge in [0.25, 0.3) is 0 Å². The maximum atomic E-state index is 5.98. The molecule has 2 N–H and O–H groups in total. The number of nitrogens with zero attached hydrogens (tertiary/aromatic N) is 1. The number of anilines is 1. The van der Waals surface area contributed by atoms with E-state index in [0.717, 1.165) is 11.1 Å². The smallest absolute Gasteiger partial charge is 0.137 e. The Balaban J connectivity index is 2.03. The Morgan fingerprint density at radius 3 is 2.67 bits per heavy atom. The summed E-state index contributed by atoms with van der Waals surface area (Å²) in [7, 11) is 0. The third-order valence-electron chi connectivity index (χ3n) is 3.00. The van der Waals surface area contributed by atoms with E-state index >= 15 is 0 Å². The Labute approximate surface area is 128 Å². The summed E-state index contributed by atoms with van der Waals surface area (Å²) < 4.78 is 5.93. The van der Waals surface area contributed by atoms with Gasteiger partial charge >= 0.3 is 0 Å². The topological polar surface area (TPSA) is 48.1 Å². The van der Waals surface area contributed by atoms with E-state index in [1.165, 1.54) is 0 Å². The van der Waals surface area contributed by atoms with E-state index in [0.29, 0.717) is 22.2 Å². The second kappa shape index (κ2) is 5.85. The zero-order valence-electron chi connectivity index (χ0n) is 11.2. The maximum Gasteiger partial charge on any atom is 0.137 e. The number of rotatable bonds is 3. The van der Waals surface area contributed by atoms with Crippen molar-refractivity contribution in [1.82, 2.24) is 4.98 Å². The molecule has 0 saturated carbocycles. The molecule has 104 valence electrons. The Morgan fingerprint density at radius 2 is 1.90 bits per heavy atom. The molecule has 4 heteroatoms. The second-order valence-electron chi connectivity index (χ2n) is 4.56. The molecule has 21 heavy (non-hydrogen) atoms. The molecule has 0 fully saturated rings. The molecule has 0 aliphatic rings. The molecular weight excluding hydrogens is 284 g/mol. The van der Waals surface area contributed by atoms with Gasteiger partial charge in [-0.05, 0) is 36.4 Å². The van der Waals surface area contributed by atoms with Crippen LogP contribution in [0, 0.1) is 0 Å². The zero-order valence-corrected chi connectivity index (χ0v) is 11.9. The Bertz CT molecular complexity index is 760. The SMILES string of the molecule is Nc1ccc(-c2cccnc2)c(Oc2cccc(Cl)c2)c1. The summed E-state index contributed by atoms with van der Waals surface area (Å²) >= 11 is 5.98. The van der Waals surface area contributed by atoms with Gasteiger partial charge in [-0.1, -0.05) is 23.7 Å². The Hall–Kier alpha value is -2.52. The lowest BCUT2D eigenvalue weighted by atomic mass is 10.1. The number of aromatic nitrogens is 1. The molecule has 1 heterocycles. The first kappa shape index (κ1) is 13.5. The number of hydrogen-bond donors (Lipinski definition) is 1. The summed E-state index contributed by atoms with van der Waals surface area (Å²) in [6.45, 7) is 0. The molecule has 0 spiro atoms. The van der Waals surface area contributed by atoms with Crippen LogP contribution in [0.5, 0.6) is 11.5 Å². The van der Waals surface area contributed by atoms with Gasteiger partial charge in [0.1, 0.15) is 11.5 Å². The van der Waals surface area contributed by atoms with E-state index in [2.05, 4.69) is 4.98 Å². The van der Waals surface area contributed by atoms with Crippen LogP contribution >= 0.6 is 11.6 Å². The molecular formula is C17H13ClN2O. The van der Waals surface area contributed by atoms with Crippen molar-refractivity contribution >= 4 is 17.3 Å². The van der Waals surface area contributed by atoms with Crippen LogP contribution in [-0.2, 0) is 0 Å². The highest BCUT2D eigenvalue weighted by atomic mass is 35.5. The summed E-state index contributed by atoms with van der Waals surface area (Å²) in [5.74, 6) is 1.34. The summed E-state index contributed by atoms with van der Waals surface area (Å²) in [4.78, 5) is 4.14. The van der Waals surface area contributed by atoms with E-state index in [4.69, 9.17) is 22.1 Å². The second-order valence-corrected chi connectivity index (χ2v) is 4.99. The highest BCUT2D eigenvalue weighted by molar-refractivity contribution is 6.30. The predicted molar refractivity (Wildman–Crippen MR) is 85.6 cm³/mol. The number of pyridine rings is 1. The van der Waals surface area contributed by atoms with Crippen LogP contribution in [0.1, 0.15) is 0 Å². The van der Waals surface area contributed by atoms with Gasteiger partial charge in [-0.25, -0.2) is 0 Å². The van der Waals surface area contributed by atoms with Crippen LogP contribution in [0.15, 0.2) is 67.0 Å². The molecule has 0 saturated heterocycles. The molecule has 0 radical (unpaired) electrons. The van der Waals surface area contributed by atoms with Gasteiger partial charge in [-0.2, -0.15) is 0 Å². The van der Waals surface area contributed by atoms with Crippen LogP contribution in [0.4, 0.5) is 5.69 Å². The van der Waals surface area contributed by atoms with Crippen molar-refractivity contribution in [3.8, 4) is 22.6 Å². The molecule has 0 amide bonds. The highest BCUT2D eigenvalue weighted by Gasteiger charge is 2.08. The van der Waals surface area contributed by atoms with E-state index in [1.54, 1.807) is 30.6 Å². The fourth-order valence-corrected chi connectivity index (χ4v) is 2.22. The minimum absolute atomic E-state index is 0.624. The summed E-state index contributed by atoms with van der Waals surface area (Å²) in [6.07, 6.45) is 3.52. The van der Waals surface area contributed by atoms with Crippen LogP contribution in [0.3, 0.4) is 0 Å². The van der Waals surface area contributed by atoms with Crippen LogP contribution in [-0.4, -0.2) is 4.98 Å². The van der Waals surface area contributed by atoms with E-state index < -0.39 is 0 Å². The van der Waals surface area contributed by atoms with Gasteiger partial charge in [0.05, 0.1) is 0 Å². The summed E-state index contributed by atoms with van der Waals surface area (Å²) in [5.41, 5.74) is 8.40. The maximum absolute atomic E-state index is 5.98. The van der Waals surface area contributed by atoms with Crippen molar-refractivity contribution in [3.63, 3.8) is 0 Å². The molecule has 3 rings (SSSR count). The van der Waals surface area contributed by atoms with Gasteiger partial charge in [0.15, 0.2) is 0 Å². The average molecular weight is 297 g/mol. The minimum Gasteiger partial charge on any atom is -0.457 e. The van der Waals surface area contributed by atoms with E-state index in [-0.39, 0.29) is 0 Å². The molecule has 2 aromatic carbocycles. The van der Waals surface area contributed by atoms with Crippen LogP contribution < -0.4 is 10.5 Å². The Kier molecular flexibility index (Phi) is 3.75. The Morgan fingerprint density at radius 1 is 1.00 bits per heavy atom. The number of halogens is 1. The normalized spacial score (nSPS) is 10.3. The average Bonchev–Trinajstić information content (AvgIpc) is 2.48. The minimum atomic E-state index is 0.624. The molecule has 0 aliphatic heterocycles. The quantitative estimate of drug-likeness (QED) is 0.708. The third kappa shape index (κ3) is 3.15. The van der Waals surface area contributed by atoms with Crippen molar-refractivity contribution in [1.29, 1.82) is 0 Å². The fraction of sp³-hybridized carbons (Fsp3) is 0. The molecule has 0 aliphatic carbocycles. The van der Waals surface area contributed by atoms with Gasteiger partial charge in [-0.3, -0.25) is 4.98 Å². The molecule has 3 nitrogen and oxygen atoms in total. The first-order valence-electron chi connectivity index (χ1n) is 6.46. The lowest BCUT2D eigenvalue weighted by molar-refractivity contribution is 0.485. The number of benzene rings is 2. The van der Waals surface area contributed by atoms with Crippen molar-refractivity contribution in [2.24, 2.45) is 0 Å². The molecule has 1 aromatic heterocycles.